The van der Waals surface area contributed by atoms with Crippen LogP contribution in [0.5, 0.6) is 11.5 Å². The molecule has 2 heterocycles. The summed E-state index contributed by atoms with van der Waals surface area (Å²) in [5, 5.41) is 0. The second kappa shape index (κ2) is 4.98. The van der Waals surface area contributed by atoms with E-state index in [1.807, 2.05) is 18.2 Å². The molecule has 1 fully saturated rings. The van der Waals surface area contributed by atoms with Gasteiger partial charge in [0.2, 0.25) is 0 Å². The van der Waals surface area contributed by atoms with Crippen molar-refractivity contribution in [2.24, 2.45) is 5.92 Å². The molecule has 0 spiro atoms. The minimum absolute atomic E-state index is 0.0516. The number of hydrogen-bond acceptors (Lipinski definition) is 4. The lowest BCUT2D eigenvalue weighted by Gasteiger charge is -2.24. The number of ketones is 1. The average molecular weight is 248 g/mol. The lowest BCUT2D eigenvalue weighted by molar-refractivity contribution is 0.0540. The Morgan fingerprint density at radius 2 is 1.83 bits per heavy atom. The van der Waals surface area contributed by atoms with Crippen molar-refractivity contribution in [2.75, 3.05) is 26.4 Å². The van der Waals surface area contributed by atoms with E-state index in [4.69, 9.17) is 14.2 Å². The molecular formula is C14H16O4. The molecule has 2 aliphatic rings. The summed E-state index contributed by atoms with van der Waals surface area (Å²) in [7, 11) is 0. The zero-order valence-corrected chi connectivity index (χ0v) is 10.2. The molecule has 0 aliphatic carbocycles. The van der Waals surface area contributed by atoms with E-state index in [0.717, 1.165) is 12.8 Å². The van der Waals surface area contributed by atoms with Crippen LogP contribution >= 0.6 is 0 Å². The van der Waals surface area contributed by atoms with Crippen LogP contribution in [0, 0.1) is 5.92 Å². The van der Waals surface area contributed by atoms with E-state index in [2.05, 4.69) is 0 Å². The predicted octanol–water partition coefficient (Wildman–Crippen LogP) is 2.07. The van der Waals surface area contributed by atoms with Crippen LogP contribution in [0.25, 0.3) is 0 Å². The molecule has 0 amide bonds. The third kappa shape index (κ3) is 2.08. The molecule has 0 unspecified atom stereocenters. The molecule has 0 saturated carbocycles. The van der Waals surface area contributed by atoms with Gasteiger partial charge in [-0.15, -0.1) is 0 Å². The molecule has 0 atom stereocenters. The van der Waals surface area contributed by atoms with Gasteiger partial charge < -0.3 is 14.2 Å². The number of Topliss-reactive ketones (excluding diaryl/α,β-unsaturated/α-hetero) is 1. The van der Waals surface area contributed by atoms with Gasteiger partial charge in [-0.1, -0.05) is 6.07 Å². The molecule has 96 valence electrons. The van der Waals surface area contributed by atoms with E-state index in [9.17, 15) is 4.79 Å². The predicted molar refractivity (Wildman–Crippen MR) is 65.3 cm³/mol. The van der Waals surface area contributed by atoms with E-state index in [-0.39, 0.29) is 11.7 Å². The zero-order valence-electron chi connectivity index (χ0n) is 10.2. The smallest absolute Gasteiger partial charge is 0.172 e. The summed E-state index contributed by atoms with van der Waals surface area (Å²) in [6.45, 7) is 2.39. The third-order valence-corrected chi connectivity index (χ3v) is 3.42. The van der Waals surface area contributed by atoms with E-state index >= 15 is 0 Å². The maximum Gasteiger partial charge on any atom is 0.172 e. The highest BCUT2D eigenvalue weighted by Crippen LogP contribution is 2.36. The molecule has 18 heavy (non-hydrogen) atoms. The van der Waals surface area contributed by atoms with Gasteiger partial charge in [0.1, 0.15) is 13.2 Å². The van der Waals surface area contributed by atoms with Crippen LogP contribution in [0.2, 0.25) is 0 Å². The van der Waals surface area contributed by atoms with Crippen LogP contribution in [0.15, 0.2) is 18.2 Å². The van der Waals surface area contributed by atoms with Gasteiger partial charge in [0, 0.05) is 19.1 Å². The number of hydrogen-bond donors (Lipinski definition) is 0. The molecule has 4 nitrogen and oxygen atoms in total. The number of fused-ring (bicyclic) bond motifs is 1. The molecule has 1 saturated heterocycles. The summed E-state index contributed by atoms with van der Waals surface area (Å²) in [6.07, 6.45) is 1.59. The molecule has 4 heteroatoms. The molecule has 0 N–H and O–H groups in total. The van der Waals surface area contributed by atoms with Crippen LogP contribution in [0.4, 0.5) is 0 Å². The van der Waals surface area contributed by atoms with E-state index in [0.29, 0.717) is 43.5 Å². The summed E-state index contributed by atoms with van der Waals surface area (Å²) >= 11 is 0. The van der Waals surface area contributed by atoms with Crippen molar-refractivity contribution in [1.82, 2.24) is 0 Å². The molecule has 0 aromatic heterocycles. The topological polar surface area (TPSA) is 44.8 Å². The van der Waals surface area contributed by atoms with E-state index < -0.39 is 0 Å². The summed E-state index contributed by atoms with van der Waals surface area (Å²) in [4.78, 5) is 12.5. The molecule has 0 bridgehead atoms. The van der Waals surface area contributed by atoms with Crippen molar-refractivity contribution in [1.29, 1.82) is 0 Å². The summed E-state index contributed by atoms with van der Waals surface area (Å²) in [6, 6.07) is 5.51. The Kier molecular flexibility index (Phi) is 3.19. The highest BCUT2D eigenvalue weighted by molar-refractivity contribution is 6.01. The molecule has 2 aliphatic heterocycles. The maximum absolute atomic E-state index is 12.5. The second-order valence-electron chi connectivity index (χ2n) is 4.58. The van der Waals surface area contributed by atoms with Crippen molar-refractivity contribution in [2.45, 2.75) is 12.8 Å². The van der Waals surface area contributed by atoms with Gasteiger partial charge >= 0.3 is 0 Å². The standard InChI is InChI=1S/C14H16O4/c15-13(10-4-6-16-7-5-10)11-2-1-3-12-14(11)18-9-8-17-12/h1-3,10H,4-9H2. The molecular weight excluding hydrogens is 232 g/mol. The average Bonchev–Trinajstić information content (AvgIpc) is 2.47. The zero-order chi connectivity index (χ0) is 12.4. The third-order valence-electron chi connectivity index (χ3n) is 3.42. The Morgan fingerprint density at radius 3 is 2.67 bits per heavy atom. The first kappa shape index (κ1) is 11.5. The van der Waals surface area contributed by atoms with Gasteiger partial charge in [0.05, 0.1) is 5.56 Å². The normalized spacial score (nSPS) is 19.6. The Balaban J connectivity index is 1.89. The molecule has 0 radical (unpaired) electrons. The van der Waals surface area contributed by atoms with Gasteiger partial charge in [-0.25, -0.2) is 0 Å². The number of carbonyl (C=O) groups excluding carboxylic acids is 1. The Bertz CT molecular complexity index is 449. The second-order valence-corrected chi connectivity index (χ2v) is 4.58. The first-order valence-corrected chi connectivity index (χ1v) is 6.37. The maximum atomic E-state index is 12.5. The van der Waals surface area contributed by atoms with Crippen molar-refractivity contribution in [3.63, 3.8) is 0 Å². The first-order chi connectivity index (χ1) is 8.86. The fourth-order valence-electron chi connectivity index (χ4n) is 2.45. The largest absolute Gasteiger partial charge is 0.486 e. The number of carbonyl (C=O) groups is 1. The van der Waals surface area contributed by atoms with Gasteiger partial charge in [-0.3, -0.25) is 4.79 Å². The van der Waals surface area contributed by atoms with Crippen LogP contribution < -0.4 is 9.47 Å². The quantitative estimate of drug-likeness (QED) is 0.751. The number of rotatable bonds is 2. The molecule has 3 rings (SSSR count). The van der Waals surface area contributed by atoms with Gasteiger partial charge in [-0.2, -0.15) is 0 Å². The number of ether oxygens (including phenoxy) is 3. The van der Waals surface area contributed by atoms with Crippen molar-refractivity contribution in [3.8, 4) is 11.5 Å². The fraction of sp³-hybridized carbons (Fsp3) is 0.500. The van der Waals surface area contributed by atoms with Crippen LogP contribution in [0.3, 0.4) is 0 Å². The minimum atomic E-state index is 0.0516. The van der Waals surface area contributed by atoms with E-state index in [1.54, 1.807) is 0 Å². The van der Waals surface area contributed by atoms with Gasteiger partial charge in [-0.05, 0) is 25.0 Å². The SMILES string of the molecule is O=C(c1cccc2c1OCCO2)C1CCOCC1. The Morgan fingerprint density at radius 1 is 1.06 bits per heavy atom. The van der Waals surface area contributed by atoms with Crippen molar-refractivity contribution in [3.05, 3.63) is 23.8 Å². The summed E-state index contributed by atoms with van der Waals surface area (Å²) in [5.41, 5.74) is 0.652. The monoisotopic (exact) mass is 248 g/mol. The van der Waals surface area contributed by atoms with Crippen molar-refractivity contribution < 1.29 is 19.0 Å². The summed E-state index contributed by atoms with van der Waals surface area (Å²) < 4.78 is 16.4. The Hall–Kier alpha value is -1.55. The minimum Gasteiger partial charge on any atom is -0.486 e. The van der Waals surface area contributed by atoms with Crippen LogP contribution in [-0.4, -0.2) is 32.2 Å². The molecule has 1 aromatic rings. The first-order valence-electron chi connectivity index (χ1n) is 6.37. The Labute approximate surface area is 106 Å². The lowest BCUT2D eigenvalue weighted by atomic mass is 9.90. The summed E-state index contributed by atoms with van der Waals surface area (Å²) in [5.74, 6) is 1.50. The fourth-order valence-corrected chi connectivity index (χ4v) is 2.45. The number of para-hydroxylation sites is 1. The lowest BCUT2D eigenvalue weighted by Crippen LogP contribution is -2.25. The highest BCUT2D eigenvalue weighted by Gasteiger charge is 2.27. The van der Waals surface area contributed by atoms with Crippen LogP contribution in [0.1, 0.15) is 23.2 Å². The van der Waals surface area contributed by atoms with Gasteiger partial charge in [0.15, 0.2) is 17.3 Å². The number of benzene rings is 1. The van der Waals surface area contributed by atoms with Crippen LogP contribution in [-0.2, 0) is 4.74 Å². The highest BCUT2D eigenvalue weighted by atomic mass is 16.6. The molecule has 1 aromatic carbocycles. The van der Waals surface area contributed by atoms with E-state index in [1.165, 1.54) is 0 Å². The van der Waals surface area contributed by atoms with Crippen molar-refractivity contribution >= 4 is 5.78 Å². The van der Waals surface area contributed by atoms with Gasteiger partial charge in [0.25, 0.3) is 0 Å².